The molecule has 0 radical (unpaired) electrons. The molecule has 4 aliphatic rings. The van der Waals surface area contributed by atoms with Gasteiger partial charge < -0.3 is 0 Å². The summed E-state index contributed by atoms with van der Waals surface area (Å²) in [6, 6.07) is 0. The monoisotopic (exact) mass is 146 g/mol. The van der Waals surface area contributed by atoms with Crippen LogP contribution in [0.1, 0.15) is 6.42 Å². The molecule has 1 fully saturated rings. The van der Waals surface area contributed by atoms with Gasteiger partial charge in [0.25, 0.3) is 0 Å². The van der Waals surface area contributed by atoms with E-state index < -0.39 is 0 Å². The van der Waals surface area contributed by atoms with Crippen molar-refractivity contribution < 1.29 is 4.79 Å². The fourth-order valence-corrected chi connectivity index (χ4v) is 2.40. The van der Waals surface area contributed by atoms with Crippen LogP contribution in [0.2, 0.25) is 0 Å². The van der Waals surface area contributed by atoms with Gasteiger partial charge in [-0.1, -0.05) is 24.3 Å². The maximum Gasteiger partial charge on any atom is 0.138 e. The second-order valence-corrected chi connectivity index (χ2v) is 3.78. The molecule has 1 heteroatoms. The second kappa shape index (κ2) is 1.66. The zero-order valence-electron chi connectivity index (χ0n) is 6.23. The molecule has 0 heterocycles. The maximum atomic E-state index is 11.4. The van der Waals surface area contributed by atoms with Crippen LogP contribution in [-0.4, -0.2) is 5.78 Å². The lowest BCUT2D eigenvalue weighted by Crippen LogP contribution is -2.04. The summed E-state index contributed by atoms with van der Waals surface area (Å²) in [5, 5.41) is 0. The summed E-state index contributed by atoms with van der Waals surface area (Å²) in [6.07, 6.45) is 9.64. The van der Waals surface area contributed by atoms with Crippen molar-refractivity contribution in [3.05, 3.63) is 24.3 Å². The van der Waals surface area contributed by atoms with E-state index in [4.69, 9.17) is 0 Å². The van der Waals surface area contributed by atoms with Crippen LogP contribution in [0.25, 0.3) is 0 Å². The van der Waals surface area contributed by atoms with Crippen molar-refractivity contribution in [1.29, 1.82) is 0 Å². The molecular weight excluding hydrogens is 136 g/mol. The SMILES string of the molecule is O=C1CC2C=CC3C(C=C2)C13. The number of rotatable bonds is 0. The number of carbonyl (C=O) groups is 1. The van der Waals surface area contributed by atoms with Crippen molar-refractivity contribution in [2.24, 2.45) is 23.7 Å². The normalized spacial score (nSPS) is 50.7. The first kappa shape index (κ1) is 5.76. The van der Waals surface area contributed by atoms with E-state index in [1.165, 1.54) is 0 Å². The largest absolute Gasteiger partial charge is 0.299 e. The Morgan fingerprint density at radius 3 is 2.36 bits per heavy atom. The van der Waals surface area contributed by atoms with Gasteiger partial charge in [-0.15, -0.1) is 0 Å². The van der Waals surface area contributed by atoms with Crippen LogP contribution < -0.4 is 0 Å². The van der Waals surface area contributed by atoms with Crippen molar-refractivity contribution in [2.45, 2.75) is 6.42 Å². The van der Waals surface area contributed by atoms with Gasteiger partial charge in [-0.3, -0.25) is 4.79 Å². The molecule has 0 spiro atoms. The van der Waals surface area contributed by atoms with Gasteiger partial charge in [0.05, 0.1) is 0 Å². The average molecular weight is 146 g/mol. The molecule has 0 aliphatic heterocycles. The minimum absolute atomic E-state index is 0.370. The molecule has 0 aromatic carbocycles. The van der Waals surface area contributed by atoms with Gasteiger partial charge in [0, 0.05) is 18.3 Å². The van der Waals surface area contributed by atoms with Crippen LogP contribution in [0.4, 0.5) is 0 Å². The van der Waals surface area contributed by atoms with Crippen molar-refractivity contribution in [3.63, 3.8) is 0 Å². The first-order valence-electron chi connectivity index (χ1n) is 4.25. The lowest BCUT2D eigenvalue weighted by atomic mass is 10.0. The Balaban J connectivity index is 2.11. The Labute approximate surface area is 65.8 Å². The molecule has 0 aromatic rings. The third kappa shape index (κ3) is 0.635. The van der Waals surface area contributed by atoms with Gasteiger partial charge in [0.15, 0.2) is 0 Å². The zero-order valence-corrected chi connectivity index (χ0v) is 6.23. The number of allylic oxidation sites excluding steroid dienone is 4. The van der Waals surface area contributed by atoms with E-state index in [0.717, 1.165) is 6.42 Å². The van der Waals surface area contributed by atoms with Gasteiger partial charge in [-0.05, 0) is 11.8 Å². The number of Topliss-reactive ketones (excluding diaryl/α,β-unsaturated/α-hetero) is 1. The summed E-state index contributed by atoms with van der Waals surface area (Å²) >= 11 is 0. The highest BCUT2D eigenvalue weighted by atomic mass is 16.1. The van der Waals surface area contributed by atoms with Crippen LogP contribution in [-0.2, 0) is 4.79 Å². The first-order chi connectivity index (χ1) is 5.36. The molecular formula is C10H10O. The van der Waals surface area contributed by atoms with Gasteiger partial charge in [-0.2, -0.15) is 0 Å². The summed E-state index contributed by atoms with van der Waals surface area (Å²) in [5.74, 6) is 2.43. The Morgan fingerprint density at radius 1 is 1.09 bits per heavy atom. The molecule has 0 amide bonds. The summed E-state index contributed by atoms with van der Waals surface area (Å²) in [5.41, 5.74) is 0. The minimum Gasteiger partial charge on any atom is -0.299 e. The molecule has 0 N–H and O–H groups in total. The predicted octanol–water partition coefficient (Wildman–Crippen LogP) is 1.56. The summed E-state index contributed by atoms with van der Waals surface area (Å²) < 4.78 is 0. The molecule has 11 heavy (non-hydrogen) atoms. The first-order valence-corrected chi connectivity index (χ1v) is 4.25. The third-order valence-electron chi connectivity index (χ3n) is 3.10. The lowest BCUT2D eigenvalue weighted by molar-refractivity contribution is -0.120. The van der Waals surface area contributed by atoms with Gasteiger partial charge in [-0.25, -0.2) is 0 Å². The summed E-state index contributed by atoms with van der Waals surface area (Å²) in [7, 11) is 0. The quantitative estimate of drug-likeness (QED) is 0.474. The molecule has 4 rings (SSSR count). The predicted molar refractivity (Wildman–Crippen MR) is 41.9 cm³/mol. The van der Waals surface area contributed by atoms with Gasteiger partial charge in [0.1, 0.15) is 5.78 Å². The van der Waals surface area contributed by atoms with Crippen molar-refractivity contribution >= 4 is 5.78 Å². The van der Waals surface area contributed by atoms with Crippen LogP contribution in [0.5, 0.6) is 0 Å². The highest BCUT2D eigenvalue weighted by Crippen LogP contribution is 2.53. The van der Waals surface area contributed by atoms with Crippen LogP contribution in [0.3, 0.4) is 0 Å². The highest BCUT2D eigenvalue weighted by Gasteiger charge is 2.53. The smallest absolute Gasteiger partial charge is 0.138 e. The Morgan fingerprint density at radius 2 is 1.73 bits per heavy atom. The van der Waals surface area contributed by atoms with Gasteiger partial charge >= 0.3 is 0 Å². The lowest BCUT2D eigenvalue weighted by Gasteiger charge is -2.00. The number of hydrogen-bond donors (Lipinski definition) is 0. The molecule has 2 atom stereocenters. The van der Waals surface area contributed by atoms with Crippen LogP contribution in [0.15, 0.2) is 24.3 Å². The van der Waals surface area contributed by atoms with E-state index in [9.17, 15) is 4.79 Å². The highest BCUT2D eigenvalue weighted by molar-refractivity contribution is 5.87. The molecule has 0 aromatic heterocycles. The Kier molecular flexibility index (Phi) is 0.867. The molecule has 1 saturated carbocycles. The Bertz CT molecular complexity index is 255. The second-order valence-electron chi connectivity index (χ2n) is 3.78. The molecule has 4 aliphatic carbocycles. The maximum absolute atomic E-state index is 11.4. The number of fused-ring (bicyclic) bond motifs is 1. The molecule has 2 unspecified atom stereocenters. The third-order valence-corrected chi connectivity index (χ3v) is 3.10. The summed E-state index contributed by atoms with van der Waals surface area (Å²) in [4.78, 5) is 11.4. The number of carbonyl (C=O) groups excluding carboxylic acids is 1. The number of ketones is 1. The van der Waals surface area contributed by atoms with Crippen molar-refractivity contribution in [3.8, 4) is 0 Å². The minimum atomic E-state index is 0.370. The fourth-order valence-electron chi connectivity index (χ4n) is 2.40. The number of hydrogen-bond acceptors (Lipinski definition) is 1. The van der Waals surface area contributed by atoms with E-state index in [1.807, 2.05) is 0 Å². The van der Waals surface area contributed by atoms with E-state index in [0.29, 0.717) is 29.5 Å². The van der Waals surface area contributed by atoms with E-state index in [1.54, 1.807) is 0 Å². The van der Waals surface area contributed by atoms with E-state index >= 15 is 0 Å². The Hall–Kier alpha value is -0.850. The topological polar surface area (TPSA) is 17.1 Å². The standard InChI is InChI=1S/C10H10O/c11-9-5-6-1-3-7-8(4-2-6)10(7)9/h1-4,6-8,10H,5H2. The zero-order chi connectivity index (χ0) is 7.42. The van der Waals surface area contributed by atoms with Crippen LogP contribution in [0, 0.1) is 23.7 Å². The van der Waals surface area contributed by atoms with Gasteiger partial charge in [0.2, 0.25) is 0 Å². The van der Waals surface area contributed by atoms with Crippen LogP contribution >= 0.6 is 0 Å². The average Bonchev–Trinajstić information content (AvgIpc) is 2.64. The molecule has 1 nitrogen and oxygen atoms in total. The van der Waals surface area contributed by atoms with Crippen molar-refractivity contribution in [2.75, 3.05) is 0 Å². The molecule has 4 bridgehead atoms. The molecule has 0 saturated heterocycles. The summed E-state index contributed by atoms with van der Waals surface area (Å²) in [6.45, 7) is 0. The van der Waals surface area contributed by atoms with Crippen molar-refractivity contribution in [1.82, 2.24) is 0 Å². The fraction of sp³-hybridized carbons (Fsp3) is 0.500. The van der Waals surface area contributed by atoms with E-state index in [2.05, 4.69) is 24.3 Å². The van der Waals surface area contributed by atoms with E-state index in [-0.39, 0.29) is 0 Å². The molecule has 56 valence electrons.